The van der Waals surface area contributed by atoms with Gasteiger partial charge in [-0.25, -0.2) is 9.18 Å². The zero-order valence-corrected chi connectivity index (χ0v) is 12.7. The van der Waals surface area contributed by atoms with Crippen LogP contribution in [0.3, 0.4) is 0 Å². The number of halogens is 2. The predicted octanol–water partition coefficient (Wildman–Crippen LogP) is 4.72. The Bertz CT molecular complexity index is 719. The van der Waals surface area contributed by atoms with Crippen molar-refractivity contribution in [3.05, 3.63) is 40.3 Å². The molecule has 0 aliphatic carbocycles. The van der Waals surface area contributed by atoms with Crippen LogP contribution in [0.5, 0.6) is 0 Å². The first-order valence-corrected chi connectivity index (χ1v) is 7.22. The summed E-state index contributed by atoms with van der Waals surface area (Å²) in [6.07, 6.45) is 3.45. The number of aliphatic carboxylic acids is 1. The molecule has 0 saturated carbocycles. The molecule has 0 saturated heterocycles. The minimum absolute atomic E-state index is 0.163. The summed E-state index contributed by atoms with van der Waals surface area (Å²) in [6, 6.07) is 4.46. The van der Waals surface area contributed by atoms with E-state index < -0.39 is 5.97 Å². The maximum absolute atomic E-state index is 13.5. The molecule has 0 aliphatic rings. The molecule has 0 bridgehead atoms. The monoisotopic (exact) mass is 309 g/mol. The Balaban J connectivity index is 2.68. The van der Waals surface area contributed by atoms with Gasteiger partial charge >= 0.3 is 5.97 Å². The second-order valence-electron chi connectivity index (χ2n) is 5.00. The third-order valence-corrected chi connectivity index (χ3v) is 3.84. The van der Waals surface area contributed by atoms with Crippen LogP contribution in [-0.2, 0) is 11.3 Å². The molecule has 1 N–H and O–H groups in total. The fourth-order valence-corrected chi connectivity index (χ4v) is 2.60. The van der Waals surface area contributed by atoms with Gasteiger partial charge in [0.05, 0.1) is 0 Å². The average Bonchev–Trinajstić information content (AvgIpc) is 2.69. The first-order valence-electron chi connectivity index (χ1n) is 6.84. The van der Waals surface area contributed by atoms with Gasteiger partial charge in [-0.3, -0.25) is 0 Å². The molecule has 2 aromatic rings. The highest BCUT2D eigenvalue weighted by Gasteiger charge is 2.15. The molecule has 0 spiro atoms. The van der Waals surface area contributed by atoms with E-state index in [9.17, 15) is 9.18 Å². The van der Waals surface area contributed by atoms with Gasteiger partial charge in [-0.1, -0.05) is 24.9 Å². The second kappa shape index (κ2) is 6.31. The summed E-state index contributed by atoms with van der Waals surface area (Å²) in [5.74, 6) is -1.38. The Morgan fingerprint density at radius 1 is 1.48 bits per heavy atom. The summed E-state index contributed by atoms with van der Waals surface area (Å²) in [5.41, 5.74) is 1.54. The molecule has 0 amide bonds. The molecular weight excluding hydrogens is 293 g/mol. The number of aryl methyl sites for hydroxylation is 1. The molecule has 5 heteroatoms. The Morgan fingerprint density at radius 3 is 2.81 bits per heavy atom. The number of hydrogen-bond donors (Lipinski definition) is 1. The van der Waals surface area contributed by atoms with Gasteiger partial charge in [0.1, 0.15) is 11.0 Å². The molecule has 21 heavy (non-hydrogen) atoms. The SMILES string of the molecule is CCCCn1c(Cl)c(/C=C(/C)C(=O)O)c2cc(F)ccc21. The van der Waals surface area contributed by atoms with Gasteiger partial charge in [0.25, 0.3) is 0 Å². The maximum Gasteiger partial charge on any atom is 0.331 e. The van der Waals surface area contributed by atoms with E-state index in [-0.39, 0.29) is 11.4 Å². The van der Waals surface area contributed by atoms with Crippen molar-refractivity contribution >= 4 is 34.5 Å². The Labute approximate surface area is 127 Å². The van der Waals surface area contributed by atoms with Crippen LogP contribution in [0.4, 0.5) is 4.39 Å². The lowest BCUT2D eigenvalue weighted by molar-refractivity contribution is -0.132. The summed E-state index contributed by atoms with van der Waals surface area (Å²) in [6.45, 7) is 4.29. The van der Waals surface area contributed by atoms with Gasteiger partial charge in [0, 0.05) is 28.6 Å². The zero-order chi connectivity index (χ0) is 15.6. The van der Waals surface area contributed by atoms with Crippen LogP contribution < -0.4 is 0 Å². The molecule has 0 atom stereocenters. The fourth-order valence-electron chi connectivity index (χ4n) is 2.27. The highest BCUT2D eigenvalue weighted by Crippen LogP contribution is 2.33. The lowest BCUT2D eigenvalue weighted by Crippen LogP contribution is -1.98. The van der Waals surface area contributed by atoms with E-state index in [0.717, 1.165) is 24.9 Å². The van der Waals surface area contributed by atoms with Crippen molar-refractivity contribution in [2.75, 3.05) is 0 Å². The van der Waals surface area contributed by atoms with E-state index >= 15 is 0 Å². The van der Waals surface area contributed by atoms with E-state index in [1.165, 1.54) is 25.1 Å². The van der Waals surface area contributed by atoms with Crippen molar-refractivity contribution in [2.45, 2.75) is 33.2 Å². The number of benzene rings is 1. The number of fused-ring (bicyclic) bond motifs is 1. The van der Waals surface area contributed by atoms with E-state index in [1.54, 1.807) is 6.07 Å². The standard InChI is InChI=1S/C16H17ClFNO2/c1-3-4-7-19-14-6-5-11(18)9-12(14)13(15(19)17)8-10(2)16(20)21/h5-6,8-9H,3-4,7H2,1-2H3,(H,20,21)/b10-8-. The van der Waals surface area contributed by atoms with E-state index in [4.69, 9.17) is 16.7 Å². The number of hydrogen-bond acceptors (Lipinski definition) is 1. The molecule has 1 aromatic carbocycles. The van der Waals surface area contributed by atoms with Crippen molar-refractivity contribution < 1.29 is 14.3 Å². The lowest BCUT2D eigenvalue weighted by atomic mass is 10.1. The summed E-state index contributed by atoms with van der Waals surface area (Å²) in [5, 5.41) is 10.1. The van der Waals surface area contributed by atoms with Gasteiger partial charge in [-0.15, -0.1) is 0 Å². The van der Waals surface area contributed by atoms with E-state index in [1.807, 2.05) is 4.57 Å². The van der Waals surface area contributed by atoms with Gasteiger partial charge in [-0.05, 0) is 37.6 Å². The third kappa shape index (κ3) is 3.10. The fraction of sp³-hybridized carbons (Fsp3) is 0.312. The minimum atomic E-state index is -1.02. The molecule has 0 aliphatic heterocycles. The van der Waals surface area contributed by atoms with Crippen LogP contribution >= 0.6 is 11.6 Å². The van der Waals surface area contributed by atoms with Crippen molar-refractivity contribution in [3.63, 3.8) is 0 Å². The number of carbonyl (C=O) groups is 1. The Hall–Kier alpha value is -1.81. The number of unbranched alkanes of at least 4 members (excludes halogenated alkanes) is 1. The van der Waals surface area contributed by atoms with Gasteiger partial charge < -0.3 is 9.67 Å². The number of aromatic nitrogens is 1. The number of rotatable bonds is 5. The highest BCUT2D eigenvalue weighted by molar-refractivity contribution is 6.33. The van der Waals surface area contributed by atoms with Crippen molar-refractivity contribution in [1.29, 1.82) is 0 Å². The van der Waals surface area contributed by atoms with Crippen LogP contribution in [0, 0.1) is 5.82 Å². The third-order valence-electron chi connectivity index (χ3n) is 3.43. The summed E-state index contributed by atoms with van der Waals surface area (Å²) >= 11 is 6.39. The van der Waals surface area contributed by atoms with E-state index in [2.05, 4.69) is 6.92 Å². The molecular formula is C16H17ClFNO2. The van der Waals surface area contributed by atoms with Crippen LogP contribution in [-0.4, -0.2) is 15.6 Å². The molecule has 0 fully saturated rings. The Morgan fingerprint density at radius 2 is 2.19 bits per heavy atom. The lowest BCUT2D eigenvalue weighted by Gasteiger charge is -2.05. The van der Waals surface area contributed by atoms with Gasteiger partial charge in [0.15, 0.2) is 0 Å². The normalized spacial score (nSPS) is 12.1. The van der Waals surface area contributed by atoms with E-state index in [0.29, 0.717) is 16.1 Å². The van der Waals surface area contributed by atoms with Crippen molar-refractivity contribution in [1.82, 2.24) is 4.57 Å². The Kier molecular flexibility index (Phi) is 4.68. The smallest absolute Gasteiger partial charge is 0.331 e. The average molecular weight is 310 g/mol. The first kappa shape index (κ1) is 15.6. The molecule has 0 unspecified atom stereocenters. The van der Waals surface area contributed by atoms with Crippen molar-refractivity contribution in [2.24, 2.45) is 0 Å². The minimum Gasteiger partial charge on any atom is -0.478 e. The van der Waals surface area contributed by atoms with Gasteiger partial charge in [0.2, 0.25) is 0 Å². The highest BCUT2D eigenvalue weighted by atomic mass is 35.5. The number of nitrogens with zero attached hydrogens (tertiary/aromatic N) is 1. The maximum atomic E-state index is 13.5. The van der Waals surface area contributed by atoms with Crippen LogP contribution in [0.15, 0.2) is 23.8 Å². The number of carboxylic acid groups (broad SMARTS) is 1. The molecule has 2 rings (SSSR count). The summed E-state index contributed by atoms with van der Waals surface area (Å²) in [4.78, 5) is 11.0. The predicted molar refractivity (Wildman–Crippen MR) is 83.1 cm³/mol. The first-order chi connectivity index (χ1) is 9.95. The summed E-state index contributed by atoms with van der Waals surface area (Å²) < 4.78 is 15.4. The molecule has 1 aromatic heterocycles. The van der Waals surface area contributed by atoms with Crippen LogP contribution in [0.25, 0.3) is 17.0 Å². The molecule has 1 heterocycles. The quantitative estimate of drug-likeness (QED) is 0.812. The molecule has 3 nitrogen and oxygen atoms in total. The van der Waals surface area contributed by atoms with Gasteiger partial charge in [-0.2, -0.15) is 0 Å². The molecule has 112 valence electrons. The van der Waals surface area contributed by atoms with Crippen molar-refractivity contribution in [3.8, 4) is 0 Å². The van der Waals surface area contributed by atoms with Crippen LogP contribution in [0.2, 0.25) is 5.15 Å². The topological polar surface area (TPSA) is 42.2 Å². The summed E-state index contributed by atoms with van der Waals surface area (Å²) in [7, 11) is 0. The second-order valence-corrected chi connectivity index (χ2v) is 5.36. The van der Waals surface area contributed by atoms with Crippen LogP contribution in [0.1, 0.15) is 32.3 Å². The zero-order valence-electron chi connectivity index (χ0n) is 12.0. The largest absolute Gasteiger partial charge is 0.478 e. The number of carboxylic acids is 1. The molecule has 0 radical (unpaired) electrons.